The molecular weight excluding hydrogens is 642 g/mol. The van der Waals surface area contributed by atoms with Crippen molar-refractivity contribution < 1.29 is 28.6 Å². The average Bonchev–Trinajstić information content (AvgIpc) is 3.11. The lowest BCUT2D eigenvalue weighted by Gasteiger charge is -2.24. The molecule has 0 aliphatic rings. The molecule has 0 spiro atoms. The van der Waals surface area contributed by atoms with E-state index in [2.05, 4.69) is 44.8 Å². The number of rotatable bonds is 38. The van der Waals surface area contributed by atoms with Crippen molar-refractivity contribution >= 4 is 18.0 Å². The maximum atomic E-state index is 13.0. The van der Waals surface area contributed by atoms with Crippen LogP contribution in [0.3, 0.4) is 0 Å². The number of likely N-dealkylation sites (N-methyl/N-ethyl adjacent to an activating group) is 2. The second kappa shape index (κ2) is 37.9. The molecule has 302 valence electrons. The lowest BCUT2D eigenvalue weighted by atomic mass is 10.1. The highest BCUT2D eigenvalue weighted by Gasteiger charge is 2.15. The normalized spacial score (nSPS) is 11.4. The molecule has 1 amide bonds. The Kier molecular flexibility index (Phi) is 36.5. The van der Waals surface area contributed by atoms with Crippen molar-refractivity contribution in [1.29, 1.82) is 0 Å². The maximum absolute atomic E-state index is 13.0. The van der Waals surface area contributed by atoms with Gasteiger partial charge in [0.1, 0.15) is 6.61 Å². The summed E-state index contributed by atoms with van der Waals surface area (Å²) in [6.45, 7) is 9.98. The lowest BCUT2D eigenvalue weighted by molar-refractivity contribution is -0.144. The zero-order chi connectivity index (χ0) is 37.6. The van der Waals surface area contributed by atoms with Crippen LogP contribution in [0.25, 0.3) is 0 Å². The van der Waals surface area contributed by atoms with Gasteiger partial charge in [0, 0.05) is 45.6 Å². The second-order valence-corrected chi connectivity index (χ2v) is 14.9. The third-order valence-corrected chi connectivity index (χ3v) is 9.53. The van der Waals surface area contributed by atoms with Gasteiger partial charge in [-0.05, 0) is 59.7 Å². The van der Waals surface area contributed by atoms with E-state index < -0.39 is 0 Å². The van der Waals surface area contributed by atoms with Gasteiger partial charge in [0.15, 0.2) is 0 Å². The molecule has 0 saturated heterocycles. The number of ether oxygens (including phenoxy) is 3. The van der Waals surface area contributed by atoms with Gasteiger partial charge in [-0.3, -0.25) is 9.59 Å². The molecule has 0 heterocycles. The minimum atomic E-state index is -0.219. The Hall–Kier alpha value is -1.87. The molecule has 0 aromatic rings. The van der Waals surface area contributed by atoms with Crippen molar-refractivity contribution in [3.05, 3.63) is 0 Å². The first-order valence-corrected chi connectivity index (χ1v) is 21.4. The Bertz CT molecular complexity index is 751. The first-order valence-electron chi connectivity index (χ1n) is 21.4. The Morgan fingerprint density at radius 3 is 1.22 bits per heavy atom. The first kappa shape index (κ1) is 49.1. The molecular formula is C42H83N3O6. The molecule has 0 atom stereocenters. The van der Waals surface area contributed by atoms with Gasteiger partial charge in [0.25, 0.3) is 0 Å². The standard InChI is InChI=1S/C42H83N3O6/c1-6-8-10-12-14-22-28-37-49-40(46)30-24-18-16-20-26-32-45(42(48)51-39-36-44(5)35-34-43(3)4)33-27-21-17-19-25-31-41(47)50-38-29-23-15-13-11-9-7-2/h6-39H2,1-5H3. The lowest BCUT2D eigenvalue weighted by Crippen LogP contribution is -2.36. The highest BCUT2D eigenvalue weighted by Crippen LogP contribution is 2.12. The molecule has 9 nitrogen and oxygen atoms in total. The Labute approximate surface area is 315 Å². The summed E-state index contributed by atoms with van der Waals surface area (Å²) < 4.78 is 16.5. The van der Waals surface area contributed by atoms with Crippen molar-refractivity contribution in [2.45, 2.75) is 181 Å². The minimum Gasteiger partial charge on any atom is -0.466 e. The van der Waals surface area contributed by atoms with Gasteiger partial charge in [-0.15, -0.1) is 0 Å². The van der Waals surface area contributed by atoms with Crippen LogP contribution in [0, 0.1) is 0 Å². The number of unbranched alkanes of at least 4 members (excludes halogenated alkanes) is 20. The third-order valence-electron chi connectivity index (χ3n) is 9.53. The fourth-order valence-corrected chi connectivity index (χ4v) is 6.00. The summed E-state index contributed by atoms with van der Waals surface area (Å²) in [6, 6.07) is 0. The van der Waals surface area contributed by atoms with Crippen molar-refractivity contribution in [2.75, 3.05) is 73.7 Å². The summed E-state index contributed by atoms with van der Waals surface area (Å²) in [5, 5.41) is 0. The molecule has 0 radical (unpaired) electrons. The van der Waals surface area contributed by atoms with Gasteiger partial charge in [0.05, 0.1) is 13.2 Å². The van der Waals surface area contributed by atoms with Crippen LogP contribution in [0.5, 0.6) is 0 Å². The van der Waals surface area contributed by atoms with Crippen LogP contribution < -0.4 is 0 Å². The van der Waals surface area contributed by atoms with Crippen molar-refractivity contribution in [2.24, 2.45) is 0 Å². The van der Waals surface area contributed by atoms with Crippen LogP contribution in [0.4, 0.5) is 4.79 Å². The molecule has 0 unspecified atom stereocenters. The van der Waals surface area contributed by atoms with Crippen molar-refractivity contribution in [1.82, 2.24) is 14.7 Å². The number of nitrogens with zero attached hydrogens (tertiary/aromatic N) is 3. The fraction of sp³-hybridized carbons (Fsp3) is 0.929. The molecule has 0 aromatic heterocycles. The van der Waals surface area contributed by atoms with Gasteiger partial charge < -0.3 is 28.9 Å². The summed E-state index contributed by atoms with van der Waals surface area (Å²) in [4.78, 5) is 43.4. The predicted molar refractivity (Wildman–Crippen MR) is 212 cm³/mol. The van der Waals surface area contributed by atoms with Gasteiger partial charge in [-0.2, -0.15) is 0 Å². The van der Waals surface area contributed by atoms with Crippen LogP contribution >= 0.6 is 0 Å². The topological polar surface area (TPSA) is 88.6 Å². The van der Waals surface area contributed by atoms with E-state index in [4.69, 9.17) is 14.2 Å². The van der Waals surface area contributed by atoms with Crippen LogP contribution in [-0.4, -0.2) is 106 Å². The minimum absolute atomic E-state index is 0.0685. The summed E-state index contributed by atoms with van der Waals surface area (Å²) in [5.41, 5.74) is 0. The number of esters is 2. The Morgan fingerprint density at radius 2 is 0.784 bits per heavy atom. The number of carbonyl (C=O) groups excluding carboxylic acids is 3. The zero-order valence-electron chi connectivity index (χ0n) is 34.3. The average molecular weight is 726 g/mol. The molecule has 0 aliphatic heterocycles. The van der Waals surface area contributed by atoms with E-state index in [9.17, 15) is 14.4 Å². The van der Waals surface area contributed by atoms with Crippen LogP contribution in [0.1, 0.15) is 181 Å². The van der Waals surface area contributed by atoms with E-state index in [1.54, 1.807) is 0 Å². The van der Waals surface area contributed by atoms with Gasteiger partial charge in [0.2, 0.25) is 0 Å². The van der Waals surface area contributed by atoms with Crippen molar-refractivity contribution in [3.8, 4) is 0 Å². The second-order valence-electron chi connectivity index (χ2n) is 14.9. The van der Waals surface area contributed by atoms with E-state index in [0.29, 0.717) is 45.8 Å². The fourth-order valence-electron chi connectivity index (χ4n) is 6.00. The third kappa shape index (κ3) is 36.3. The quantitative estimate of drug-likeness (QED) is 0.0353. The van der Waals surface area contributed by atoms with Crippen molar-refractivity contribution in [3.63, 3.8) is 0 Å². The van der Waals surface area contributed by atoms with Gasteiger partial charge >= 0.3 is 18.0 Å². The monoisotopic (exact) mass is 726 g/mol. The van der Waals surface area contributed by atoms with Gasteiger partial charge in [-0.1, -0.05) is 129 Å². The van der Waals surface area contributed by atoms with Crippen LogP contribution in [0.2, 0.25) is 0 Å². The Morgan fingerprint density at radius 1 is 0.392 bits per heavy atom. The molecule has 9 heteroatoms. The van der Waals surface area contributed by atoms with E-state index in [1.807, 2.05) is 4.90 Å². The Balaban J connectivity index is 4.22. The van der Waals surface area contributed by atoms with E-state index >= 15 is 0 Å². The largest absolute Gasteiger partial charge is 0.466 e. The number of hydrogen-bond donors (Lipinski definition) is 0. The summed E-state index contributed by atoms with van der Waals surface area (Å²) in [5.74, 6) is -0.137. The zero-order valence-corrected chi connectivity index (χ0v) is 34.3. The molecule has 0 bridgehead atoms. The number of carbonyl (C=O) groups is 3. The highest BCUT2D eigenvalue weighted by atomic mass is 16.6. The SMILES string of the molecule is CCCCCCCCCOC(=O)CCCCCCCN(CCCCCCCC(=O)OCCCCCCCCC)C(=O)OCCN(C)CCN(C)C. The number of hydrogen-bond acceptors (Lipinski definition) is 8. The molecule has 0 aliphatic carbocycles. The van der Waals surface area contributed by atoms with Gasteiger partial charge in [-0.25, -0.2) is 4.79 Å². The predicted octanol–water partition coefficient (Wildman–Crippen LogP) is 10.2. The molecule has 51 heavy (non-hydrogen) atoms. The van der Waals surface area contributed by atoms with E-state index in [-0.39, 0.29) is 18.0 Å². The van der Waals surface area contributed by atoms with E-state index in [1.165, 1.54) is 64.2 Å². The highest BCUT2D eigenvalue weighted by molar-refractivity contribution is 5.69. The maximum Gasteiger partial charge on any atom is 0.409 e. The molecule has 0 saturated carbocycles. The molecule has 0 N–H and O–H groups in total. The summed E-state index contributed by atoms with van der Waals surface area (Å²) >= 11 is 0. The smallest absolute Gasteiger partial charge is 0.409 e. The summed E-state index contributed by atoms with van der Waals surface area (Å²) in [6.07, 6.45) is 27.6. The molecule has 0 rings (SSSR count). The molecule has 0 aromatic carbocycles. The molecule has 0 fully saturated rings. The van der Waals surface area contributed by atoms with Crippen LogP contribution in [-0.2, 0) is 23.8 Å². The van der Waals surface area contributed by atoms with Crippen LogP contribution in [0.15, 0.2) is 0 Å². The summed E-state index contributed by atoms with van der Waals surface area (Å²) in [7, 11) is 6.18. The number of amides is 1. The first-order chi connectivity index (χ1) is 24.8. The van der Waals surface area contributed by atoms with E-state index in [0.717, 1.165) is 110 Å².